The lowest BCUT2D eigenvalue weighted by atomic mass is 9.78. The molecule has 0 unspecified atom stereocenters. The molecule has 4 rings (SSSR count). The molecule has 6 heteroatoms. The number of benzene rings is 1. The van der Waals surface area contributed by atoms with Gasteiger partial charge in [0.1, 0.15) is 11.4 Å². The van der Waals surface area contributed by atoms with Crippen LogP contribution in [0.1, 0.15) is 34.3 Å². The molecule has 0 saturated carbocycles. The number of carbonyl (C=O) groups excluding carboxylic acids is 1. The first-order chi connectivity index (χ1) is 11.7. The fourth-order valence-corrected chi connectivity index (χ4v) is 3.92. The molecule has 1 saturated heterocycles. The number of piperidine rings is 1. The van der Waals surface area contributed by atoms with Gasteiger partial charge in [0.2, 0.25) is 0 Å². The van der Waals surface area contributed by atoms with Crippen LogP contribution in [0.3, 0.4) is 0 Å². The van der Waals surface area contributed by atoms with Crippen molar-refractivity contribution in [2.24, 2.45) is 0 Å². The number of amides is 1. The number of hydrogen-bond acceptors (Lipinski definition) is 4. The van der Waals surface area contributed by atoms with Gasteiger partial charge in [0.15, 0.2) is 0 Å². The molecule has 1 aromatic carbocycles. The number of hydrogen-bond donors (Lipinski definition) is 1. The van der Waals surface area contributed by atoms with Crippen molar-refractivity contribution in [3.63, 3.8) is 0 Å². The largest absolute Gasteiger partial charge is 0.496 e. The summed E-state index contributed by atoms with van der Waals surface area (Å²) in [7, 11) is 1.70. The Morgan fingerprint density at radius 1 is 1.38 bits per heavy atom. The normalized spacial score (nSPS) is 19.1. The lowest BCUT2D eigenvalue weighted by Gasteiger charge is -2.45. The van der Waals surface area contributed by atoms with Gasteiger partial charge in [-0.15, -0.1) is 0 Å². The second-order valence-electron chi connectivity index (χ2n) is 6.37. The lowest BCUT2D eigenvalue weighted by Crippen LogP contribution is -2.48. The van der Waals surface area contributed by atoms with Crippen LogP contribution in [0.4, 0.5) is 0 Å². The molecule has 1 N–H and O–H groups in total. The summed E-state index contributed by atoms with van der Waals surface area (Å²) in [5.41, 5.74) is 2.74. The molecule has 0 atom stereocenters. The molecule has 0 bridgehead atoms. The molecule has 1 spiro atoms. The second-order valence-corrected chi connectivity index (χ2v) is 6.37. The zero-order valence-electron chi connectivity index (χ0n) is 13.7. The molecule has 6 nitrogen and oxygen atoms in total. The zero-order chi connectivity index (χ0) is 16.6. The molecule has 1 amide bonds. The van der Waals surface area contributed by atoms with Gasteiger partial charge in [-0.05, 0) is 30.9 Å². The van der Waals surface area contributed by atoms with Crippen LogP contribution in [0.2, 0.25) is 0 Å². The van der Waals surface area contributed by atoms with E-state index in [1.165, 1.54) is 11.1 Å². The minimum atomic E-state index is -0.340. The molecule has 0 aliphatic carbocycles. The third-order valence-corrected chi connectivity index (χ3v) is 5.14. The molecular formula is C18H21N3O3. The number of likely N-dealkylation sites (tertiary alicyclic amines) is 1. The molecule has 2 aromatic rings. The Kier molecular flexibility index (Phi) is 3.76. The molecule has 24 heavy (non-hydrogen) atoms. The topological polar surface area (TPSA) is 67.5 Å². The van der Waals surface area contributed by atoms with Crippen molar-refractivity contribution in [3.8, 4) is 5.75 Å². The summed E-state index contributed by atoms with van der Waals surface area (Å²) in [5.74, 6) is 0.913. The Hall–Kier alpha value is -2.34. The maximum absolute atomic E-state index is 12.5. The van der Waals surface area contributed by atoms with Crippen molar-refractivity contribution in [1.29, 1.82) is 0 Å². The third kappa shape index (κ3) is 2.38. The molecule has 0 radical (unpaired) electrons. The summed E-state index contributed by atoms with van der Waals surface area (Å²) in [4.78, 5) is 14.4. The Bertz CT molecular complexity index is 720. The van der Waals surface area contributed by atoms with E-state index < -0.39 is 0 Å². The summed E-state index contributed by atoms with van der Waals surface area (Å²) in [6, 6.07) is 6.19. The number of aromatic amines is 1. The van der Waals surface area contributed by atoms with E-state index in [0.717, 1.165) is 31.6 Å². The summed E-state index contributed by atoms with van der Waals surface area (Å²) < 4.78 is 11.9. The highest BCUT2D eigenvalue weighted by molar-refractivity contribution is 5.93. The Balaban J connectivity index is 1.59. The molecule has 126 valence electrons. The average molecular weight is 327 g/mol. The van der Waals surface area contributed by atoms with Gasteiger partial charge in [-0.3, -0.25) is 9.89 Å². The number of methoxy groups -OCH3 is 1. The van der Waals surface area contributed by atoms with Crippen molar-refractivity contribution >= 4 is 5.91 Å². The maximum Gasteiger partial charge on any atom is 0.257 e. The summed E-state index contributed by atoms with van der Waals surface area (Å²) in [6.45, 7) is 2.05. The Morgan fingerprint density at radius 2 is 2.21 bits per heavy atom. The first-order valence-corrected chi connectivity index (χ1v) is 8.32. The van der Waals surface area contributed by atoms with Gasteiger partial charge in [-0.2, -0.15) is 5.10 Å². The first kappa shape index (κ1) is 15.2. The van der Waals surface area contributed by atoms with Crippen molar-refractivity contribution in [3.05, 3.63) is 47.3 Å². The monoisotopic (exact) mass is 327 g/mol. The SMILES string of the molecule is COc1cccc2c1C1(CCN(C(=O)c3cn[nH]c3)CC1)OCC2. The smallest absolute Gasteiger partial charge is 0.257 e. The number of aromatic nitrogens is 2. The quantitative estimate of drug-likeness (QED) is 0.917. The highest BCUT2D eigenvalue weighted by atomic mass is 16.5. The second kappa shape index (κ2) is 5.94. The standard InChI is InChI=1S/C18H21N3O3/c1-23-15-4-2-3-13-5-10-24-18(16(13)15)6-8-21(9-7-18)17(22)14-11-19-20-12-14/h2-4,11-12H,5-10H2,1H3,(H,19,20). The van der Waals surface area contributed by atoms with Gasteiger partial charge in [-0.25, -0.2) is 0 Å². The van der Waals surface area contributed by atoms with Gasteiger partial charge in [0.05, 0.1) is 25.5 Å². The van der Waals surface area contributed by atoms with Crippen LogP contribution in [0, 0.1) is 0 Å². The van der Waals surface area contributed by atoms with Crippen LogP contribution in [-0.4, -0.2) is 47.8 Å². The number of fused-ring (bicyclic) bond motifs is 2. The minimum absolute atomic E-state index is 0.0228. The van der Waals surface area contributed by atoms with Gasteiger partial charge >= 0.3 is 0 Å². The van der Waals surface area contributed by atoms with E-state index in [1.807, 2.05) is 17.0 Å². The number of H-pyrrole nitrogens is 1. The van der Waals surface area contributed by atoms with Crippen molar-refractivity contribution in [2.75, 3.05) is 26.8 Å². The highest BCUT2D eigenvalue weighted by Crippen LogP contribution is 2.45. The van der Waals surface area contributed by atoms with E-state index in [1.54, 1.807) is 19.5 Å². The highest BCUT2D eigenvalue weighted by Gasteiger charge is 2.43. The minimum Gasteiger partial charge on any atom is -0.496 e. The van der Waals surface area contributed by atoms with Gasteiger partial charge in [-0.1, -0.05) is 12.1 Å². The molecule has 3 heterocycles. The van der Waals surface area contributed by atoms with Crippen molar-refractivity contribution in [1.82, 2.24) is 15.1 Å². The number of ether oxygens (including phenoxy) is 2. The van der Waals surface area contributed by atoms with Crippen molar-refractivity contribution < 1.29 is 14.3 Å². The predicted molar refractivity (Wildman–Crippen MR) is 88.1 cm³/mol. The Labute approximate surface area is 140 Å². The van der Waals surface area contributed by atoms with E-state index >= 15 is 0 Å². The average Bonchev–Trinajstić information content (AvgIpc) is 3.16. The summed E-state index contributed by atoms with van der Waals surface area (Å²) >= 11 is 0. The number of nitrogens with zero attached hydrogens (tertiary/aromatic N) is 2. The lowest BCUT2D eigenvalue weighted by molar-refractivity contribution is -0.0946. The summed E-state index contributed by atoms with van der Waals surface area (Å²) in [6.07, 6.45) is 5.68. The maximum atomic E-state index is 12.5. The Morgan fingerprint density at radius 3 is 2.92 bits per heavy atom. The van der Waals surface area contributed by atoms with Crippen molar-refractivity contribution in [2.45, 2.75) is 24.9 Å². The first-order valence-electron chi connectivity index (χ1n) is 8.32. The van der Waals surface area contributed by atoms with Crippen LogP contribution in [0.5, 0.6) is 5.75 Å². The van der Waals surface area contributed by atoms with Crippen LogP contribution < -0.4 is 4.74 Å². The molecule has 2 aliphatic heterocycles. The van der Waals surface area contributed by atoms with Gasteiger partial charge in [0, 0.05) is 24.8 Å². The fraction of sp³-hybridized carbons (Fsp3) is 0.444. The molecule has 2 aliphatic rings. The van der Waals surface area contributed by atoms with E-state index in [0.29, 0.717) is 18.7 Å². The van der Waals surface area contributed by atoms with E-state index in [2.05, 4.69) is 16.3 Å². The predicted octanol–water partition coefficient (Wildman–Crippen LogP) is 2.12. The molecule has 1 aromatic heterocycles. The van der Waals surface area contributed by atoms with Gasteiger partial charge < -0.3 is 14.4 Å². The fourth-order valence-electron chi connectivity index (χ4n) is 3.92. The zero-order valence-corrected chi connectivity index (χ0v) is 13.7. The molecular weight excluding hydrogens is 306 g/mol. The third-order valence-electron chi connectivity index (χ3n) is 5.14. The van der Waals surface area contributed by atoms with Crippen LogP contribution in [0.15, 0.2) is 30.6 Å². The van der Waals surface area contributed by atoms with E-state index in [-0.39, 0.29) is 11.5 Å². The van der Waals surface area contributed by atoms with Crippen LogP contribution in [-0.2, 0) is 16.8 Å². The van der Waals surface area contributed by atoms with Crippen LogP contribution in [0.25, 0.3) is 0 Å². The van der Waals surface area contributed by atoms with Gasteiger partial charge in [0.25, 0.3) is 5.91 Å². The van der Waals surface area contributed by atoms with E-state index in [9.17, 15) is 4.79 Å². The molecule has 1 fully saturated rings. The summed E-state index contributed by atoms with van der Waals surface area (Å²) in [5, 5.41) is 6.56. The van der Waals surface area contributed by atoms with E-state index in [4.69, 9.17) is 9.47 Å². The van der Waals surface area contributed by atoms with Crippen LogP contribution >= 0.6 is 0 Å². The number of rotatable bonds is 2. The number of nitrogens with one attached hydrogen (secondary N) is 1. The number of carbonyl (C=O) groups is 1.